The lowest BCUT2D eigenvalue weighted by atomic mass is 10.2. The molecule has 5 nitrogen and oxygen atoms in total. The normalized spacial score (nSPS) is 11.4. The Morgan fingerprint density at radius 3 is 2.66 bits per heavy atom. The van der Waals surface area contributed by atoms with Crippen molar-refractivity contribution in [3.8, 4) is 0 Å². The maximum absolute atomic E-state index is 12.8. The van der Waals surface area contributed by atoms with Crippen LogP contribution in [-0.2, 0) is 26.9 Å². The second-order valence-corrected chi connectivity index (χ2v) is 7.50. The van der Waals surface area contributed by atoms with Crippen LogP contribution in [0.1, 0.15) is 17.0 Å². The number of hydrogen-bond donors (Lipinski definition) is 1. The summed E-state index contributed by atoms with van der Waals surface area (Å²) in [6, 6.07) is 10.6. The van der Waals surface area contributed by atoms with Gasteiger partial charge < -0.3 is 10.1 Å². The van der Waals surface area contributed by atoms with E-state index >= 15 is 0 Å². The van der Waals surface area contributed by atoms with Crippen LogP contribution in [0, 0.1) is 0 Å². The molecule has 0 aliphatic rings. The van der Waals surface area contributed by atoms with Gasteiger partial charge in [-0.15, -0.1) is 11.3 Å². The van der Waals surface area contributed by atoms with Crippen LogP contribution in [0.4, 0.5) is 18.9 Å². The molecule has 0 aliphatic heterocycles. The van der Waals surface area contributed by atoms with E-state index in [9.17, 15) is 22.8 Å². The van der Waals surface area contributed by atoms with Gasteiger partial charge in [0.05, 0.1) is 32.2 Å². The lowest BCUT2D eigenvalue weighted by Gasteiger charge is -2.12. The number of alkyl halides is 3. The molecule has 29 heavy (non-hydrogen) atoms. The first kappa shape index (κ1) is 21.1. The summed E-state index contributed by atoms with van der Waals surface area (Å²) in [4.78, 5) is 28.1. The number of carbonyl (C=O) groups excluding carboxylic acids is 2. The third-order valence-corrected chi connectivity index (χ3v) is 5.23. The van der Waals surface area contributed by atoms with E-state index in [0.717, 1.165) is 27.4 Å². The number of para-hydroxylation sites is 1. The van der Waals surface area contributed by atoms with Crippen LogP contribution in [0.3, 0.4) is 0 Å². The van der Waals surface area contributed by atoms with Crippen molar-refractivity contribution in [1.82, 2.24) is 4.98 Å². The van der Waals surface area contributed by atoms with Crippen molar-refractivity contribution < 1.29 is 27.5 Å². The predicted molar refractivity (Wildman–Crippen MR) is 104 cm³/mol. The molecule has 10 heteroatoms. The van der Waals surface area contributed by atoms with Gasteiger partial charge in [0.2, 0.25) is 0 Å². The number of thiazole rings is 1. The van der Waals surface area contributed by atoms with Crippen molar-refractivity contribution in [1.29, 1.82) is 0 Å². The number of nitrogens with zero attached hydrogens (tertiary/aromatic N) is 1. The number of fused-ring (bicyclic) bond motifs is 1. The molecular weight excluding hydrogens is 429 g/mol. The molecule has 1 heterocycles. The number of amides is 1. The summed E-state index contributed by atoms with van der Waals surface area (Å²) in [7, 11) is 0. The summed E-state index contributed by atoms with van der Waals surface area (Å²) in [5.74, 6) is -1.36. The van der Waals surface area contributed by atoms with Crippen LogP contribution in [0.2, 0.25) is 5.02 Å². The summed E-state index contributed by atoms with van der Waals surface area (Å²) in [6.45, 7) is -0.608. The molecule has 0 saturated carbocycles. The van der Waals surface area contributed by atoms with E-state index in [1.165, 1.54) is 17.4 Å². The van der Waals surface area contributed by atoms with E-state index in [2.05, 4.69) is 10.3 Å². The number of esters is 1. The highest BCUT2D eigenvalue weighted by atomic mass is 35.5. The molecule has 0 spiro atoms. The van der Waals surface area contributed by atoms with E-state index in [4.69, 9.17) is 16.3 Å². The van der Waals surface area contributed by atoms with Crippen molar-refractivity contribution in [3.05, 3.63) is 58.1 Å². The number of ether oxygens (including phenoxy) is 1. The molecule has 1 N–H and O–H groups in total. The van der Waals surface area contributed by atoms with Gasteiger partial charge in [0.25, 0.3) is 5.91 Å². The van der Waals surface area contributed by atoms with Crippen LogP contribution in [0.25, 0.3) is 10.2 Å². The summed E-state index contributed by atoms with van der Waals surface area (Å²) >= 11 is 6.99. The van der Waals surface area contributed by atoms with Crippen LogP contribution >= 0.6 is 22.9 Å². The van der Waals surface area contributed by atoms with Gasteiger partial charge in [0.15, 0.2) is 6.61 Å². The molecule has 0 saturated heterocycles. The smallest absolute Gasteiger partial charge is 0.417 e. The zero-order chi connectivity index (χ0) is 21.0. The molecular formula is C19H14ClF3N2O3S. The van der Waals surface area contributed by atoms with E-state index in [1.807, 2.05) is 24.3 Å². The van der Waals surface area contributed by atoms with Gasteiger partial charge in [-0.25, -0.2) is 4.98 Å². The van der Waals surface area contributed by atoms with Gasteiger partial charge in [-0.05, 0) is 30.3 Å². The molecule has 0 aliphatic carbocycles. The maximum atomic E-state index is 12.8. The Morgan fingerprint density at radius 1 is 1.17 bits per heavy atom. The van der Waals surface area contributed by atoms with Crippen molar-refractivity contribution in [2.45, 2.75) is 19.0 Å². The first-order valence-corrected chi connectivity index (χ1v) is 9.58. The molecule has 0 bridgehead atoms. The Hall–Kier alpha value is -2.65. The van der Waals surface area contributed by atoms with Gasteiger partial charge in [-0.1, -0.05) is 23.7 Å². The highest BCUT2D eigenvalue weighted by molar-refractivity contribution is 7.18. The second-order valence-electron chi connectivity index (χ2n) is 5.98. The largest absolute Gasteiger partial charge is 0.456 e. The number of carbonyl (C=O) groups is 2. The molecule has 152 valence electrons. The van der Waals surface area contributed by atoms with Gasteiger partial charge in [0.1, 0.15) is 0 Å². The molecule has 0 radical (unpaired) electrons. The van der Waals surface area contributed by atoms with Crippen molar-refractivity contribution in [2.24, 2.45) is 0 Å². The number of rotatable bonds is 6. The fraction of sp³-hybridized carbons (Fsp3) is 0.211. The standard InChI is InChI=1S/C19H14ClF3N2O3S/c20-13-6-5-11(9-12(13)19(21,22)23)24-16(26)10-28-18(27)8-7-17-25-14-3-1-2-4-15(14)29-17/h1-6,9H,7-8,10H2,(H,24,26). The van der Waals surface area contributed by atoms with Crippen LogP contribution < -0.4 is 5.32 Å². The van der Waals surface area contributed by atoms with Gasteiger partial charge in [-0.2, -0.15) is 13.2 Å². The Labute approximate surface area is 172 Å². The molecule has 3 rings (SSSR count). The third-order valence-electron chi connectivity index (χ3n) is 3.80. The fourth-order valence-electron chi connectivity index (χ4n) is 2.47. The minimum atomic E-state index is -4.65. The zero-order valence-corrected chi connectivity index (χ0v) is 16.3. The Balaban J connectivity index is 1.48. The van der Waals surface area contributed by atoms with Crippen molar-refractivity contribution >= 4 is 50.7 Å². The van der Waals surface area contributed by atoms with Crippen LogP contribution in [0.15, 0.2) is 42.5 Å². The average Bonchev–Trinajstić information content (AvgIpc) is 3.08. The monoisotopic (exact) mass is 442 g/mol. The van der Waals surface area contributed by atoms with Gasteiger partial charge in [-0.3, -0.25) is 9.59 Å². The minimum absolute atomic E-state index is 0.0340. The second kappa shape index (κ2) is 8.79. The van der Waals surface area contributed by atoms with E-state index in [1.54, 1.807) is 0 Å². The van der Waals surface area contributed by atoms with E-state index in [0.29, 0.717) is 6.42 Å². The summed E-state index contributed by atoms with van der Waals surface area (Å²) in [5.41, 5.74) is -0.316. The number of aromatic nitrogens is 1. The van der Waals surface area contributed by atoms with E-state index < -0.39 is 35.2 Å². The number of nitrogens with one attached hydrogen (secondary N) is 1. The van der Waals surface area contributed by atoms with Crippen molar-refractivity contribution in [2.75, 3.05) is 11.9 Å². The lowest BCUT2D eigenvalue weighted by molar-refractivity contribution is -0.147. The van der Waals surface area contributed by atoms with Gasteiger partial charge in [0, 0.05) is 12.1 Å². The van der Waals surface area contributed by atoms with E-state index in [-0.39, 0.29) is 12.1 Å². The quantitative estimate of drug-likeness (QED) is 0.540. The molecule has 1 aromatic heterocycles. The molecule has 3 aromatic rings. The SMILES string of the molecule is O=C(COC(=O)CCc1nc2ccccc2s1)Nc1ccc(Cl)c(C(F)(F)F)c1. The molecule has 1 amide bonds. The highest BCUT2D eigenvalue weighted by Crippen LogP contribution is 2.36. The zero-order valence-electron chi connectivity index (χ0n) is 14.8. The Morgan fingerprint density at radius 2 is 1.93 bits per heavy atom. The predicted octanol–water partition coefficient (Wildman–Crippen LogP) is 5.08. The average molecular weight is 443 g/mol. The first-order chi connectivity index (χ1) is 13.7. The first-order valence-electron chi connectivity index (χ1n) is 8.39. The summed E-state index contributed by atoms with van der Waals surface area (Å²) in [5, 5.41) is 2.54. The summed E-state index contributed by atoms with van der Waals surface area (Å²) < 4.78 is 44.4. The number of anilines is 1. The molecule has 0 fully saturated rings. The molecule has 2 aromatic carbocycles. The Kier molecular flexibility index (Phi) is 6.39. The maximum Gasteiger partial charge on any atom is 0.417 e. The lowest BCUT2D eigenvalue weighted by Crippen LogP contribution is -2.21. The third kappa shape index (κ3) is 5.68. The number of aryl methyl sites for hydroxylation is 1. The van der Waals surface area contributed by atoms with Crippen LogP contribution in [0.5, 0.6) is 0 Å². The number of halogens is 4. The molecule has 0 atom stereocenters. The fourth-order valence-corrected chi connectivity index (χ4v) is 3.66. The minimum Gasteiger partial charge on any atom is -0.456 e. The Bertz CT molecular complexity index is 1020. The van der Waals surface area contributed by atoms with Crippen molar-refractivity contribution in [3.63, 3.8) is 0 Å². The van der Waals surface area contributed by atoms with Gasteiger partial charge >= 0.3 is 12.1 Å². The van der Waals surface area contributed by atoms with Crippen LogP contribution in [-0.4, -0.2) is 23.5 Å². The topological polar surface area (TPSA) is 68.3 Å². The highest BCUT2D eigenvalue weighted by Gasteiger charge is 2.33. The number of hydrogen-bond acceptors (Lipinski definition) is 5. The summed E-state index contributed by atoms with van der Waals surface area (Å²) in [6.07, 6.45) is -4.25. The number of benzene rings is 2. The molecule has 0 unspecified atom stereocenters.